The van der Waals surface area contributed by atoms with E-state index in [2.05, 4.69) is 218 Å². The summed E-state index contributed by atoms with van der Waals surface area (Å²) in [6, 6.07) is 68.8. The van der Waals surface area contributed by atoms with Crippen molar-refractivity contribution < 1.29 is 13.3 Å². The lowest BCUT2D eigenvalue weighted by atomic mass is 10.0. The Kier molecular flexibility index (Phi) is 7.67. The maximum Gasteiger partial charge on any atom is 0.159 e. The predicted octanol–water partition coefficient (Wildman–Crippen LogP) is 17.2. The lowest BCUT2D eigenvalue weighted by molar-refractivity contribution is 0.665. The normalized spacial score (nSPS) is 12.0. The van der Waals surface area contributed by atoms with Crippen molar-refractivity contribution in [3.63, 3.8) is 0 Å². The molecule has 5 nitrogen and oxygen atoms in total. The van der Waals surface area contributed by atoms with Gasteiger partial charge >= 0.3 is 0 Å². The minimum atomic E-state index is 0.851. The predicted molar refractivity (Wildman–Crippen MR) is 262 cm³/mol. The molecule has 0 aliphatic rings. The van der Waals surface area contributed by atoms with Crippen LogP contribution in [-0.2, 0) is 0 Å². The van der Waals surface area contributed by atoms with Gasteiger partial charge < -0.3 is 23.1 Å². The fraction of sp³-hybridized carbons (Fsp3) is 0.0345. The smallest absolute Gasteiger partial charge is 0.159 e. The van der Waals surface area contributed by atoms with E-state index >= 15 is 0 Å². The standard InChI is InChI=1S/C58H38N2O3/c1-35-13-9-19-45-47-21-11-23-51(57(47)62-55(35)45)59(41-15-5-3-6-16-41)43-27-25-37-31-49-50-32-38-26-28-44(30-40(38)34-54(50)61-53(49)33-39(37)29-43)60(42-17-7-4-8-18-42)52-24-12-22-48-46-20-10-14-36(2)56(46)63-58(48)52/h3-34H,1-2H3. The lowest BCUT2D eigenvalue weighted by Gasteiger charge is -2.25. The number of rotatable bonds is 6. The van der Waals surface area contributed by atoms with Gasteiger partial charge in [0, 0.05) is 55.1 Å². The molecule has 0 spiro atoms. The Labute approximate surface area is 362 Å². The van der Waals surface area contributed by atoms with Crippen molar-refractivity contribution in [3.05, 3.63) is 205 Å². The lowest BCUT2D eigenvalue weighted by Crippen LogP contribution is -2.10. The molecule has 10 aromatic carbocycles. The second kappa shape index (κ2) is 13.6. The molecule has 298 valence electrons. The van der Waals surface area contributed by atoms with E-state index in [0.717, 1.165) is 133 Å². The Hall–Kier alpha value is -8.28. The van der Waals surface area contributed by atoms with E-state index in [1.165, 1.54) is 0 Å². The minimum Gasteiger partial charge on any atom is -0.456 e. The first-order valence-corrected chi connectivity index (χ1v) is 21.4. The van der Waals surface area contributed by atoms with Crippen molar-refractivity contribution in [1.29, 1.82) is 0 Å². The van der Waals surface area contributed by atoms with E-state index in [1.54, 1.807) is 0 Å². The van der Waals surface area contributed by atoms with Crippen LogP contribution >= 0.6 is 0 Å². The molecule has 3 heterocycles. The summed E-state index contributed by atoms with van der Waals surface area (Å²) >= 11 is 0. The van der Waals surface area contributed by atoms with Crippen LogP contribution in [0.1, 0.15) is 11.1 Å². The quantitative estimate of drug-likeness (QED) is 0.167. The molecule has 0 saturated heterocycles. The van der Waals surface area contributed by atoms with E-state index in [9.17, 15) is 0 Å². The molecule has 0 aliphatic heterocycles. The summed E-state index contributed by atoms with van der Waals surface area (Å²) in [6.45, 7) is 4.21. The first-order chi connectivity index (χ1) is 31.0. The topological polar surface area (TPSA) is 45.9 Å². The zero-order chi connectivity index (χ0) is 41.8. The van der Waals surface area contributed by atoms with Gasteiger partial charge in [0.15, 0.2) is 11.2 Å². The number of nitrogens with zero attached hydrogens (tertiary/aromatic N) is 2. The Bertz CT molecular complexity index is 3700. The molecule has 0 aliphatic carbocycles. The van der Waals surface area contributed by atoms with Gasteiger partial charge in [-0.2, -0.15) is 0 Å². The zero-order valence-electron chi connectivity index (χ0n) is 34.6. The highest BCUT2D eigenvalue weighted by atomic mass is 16.3. The van der Waals surface area contributed by atoms with Crippen LogP contribution in [0.15, 0.2) is 207 Å². The van der Waals surface area contributed by atoms with Crippen molar-refractivity contribution in [2.45, 2.75) is 13.8 Å². The number of benzene rings is 10. The summed E-state index contributed by atoms with van der Waals surface area (Å²) in [5, 5.41) is 11.1. The zero-order valence-corrected chi connectivity index (χ0v) is 34.6. The average Bonchev–Trinajstić information content (AvgIpc) is 4.01. The Balaban J connectivity index is 0.941. The molecule has 0 radical (unpaired) electrons. The second-order valence-electron chi connectivity index (χ2n) is 16.6. The first kappa shape index (κ1) is 35.5. The summed E-state index contributed by atoms with van der Waals surface area (Å²) in [6.07, 6.45) is 0. The number of furan rings is 3. The van der Waals surface area contributed by atoms with Crippen LogP contribution < -0.4 is 9.80 Å². The van der Waals surface area contributed by atoms with Crippen molar-refractivity contribution in [2.24, 2.45) is 0 Å². The highest BCUT2D eigenvalue weighted by molar-refractivity contribution is 6.16. The molecule has 63 heavy (non-hydrogen) atoms. The van der Waals surface area contributed by atoms with Crippen molar-refractivity contribution in [2.75, 3.05) is 9.80 Å². The van der Waals surface area contributed by atoms with Crippen LogP contribution in [-0.4, -0.2) is 0 Å². The van der Waals surface area contributed by atoms with E-state index in [4.69, 9.17) is 13.3 Å². The molecule has 13 rings (SSSR count). The van der Waals surface area contributed by atoms with Gasteiger partial charge in [0.1, 0.15) is 22.3 Å². The summed E-state index contributed by atoms with van der Waals surface area (Å²) in [5.41, 5.74) is 13.6. The van der Waals surface area contributed by atoms with Gasteiger partial charge in [-0.15, -0.1) is 0 Å². The fourth-order valence-electron chi connectivity index (χ4n) is 9.77. The molecule has 3 aromatic heterocycles. The molecular formula is C58H38N2O3. The maximum atomic E-state index is 6.76. The molecule has 0 bridgehead atoms. The number of fused-ring (bicyclic) bond motifs is 11. The van der Waals surface area contributed by atoms with Crippen molar-refractivity contribution in [3.8, 4) is 0 Å². The summed E-state index contributed by atoms with van der Waals surface area (Å²) in [7, 11) is 0. The molecule has 0 fully saturated rings. The summed E-state index contributed by atoms with van der Waals surface area (Å²) in [5.74, 6) is 0. The Morgan fingerprint density at radius 3 is 1.14 bits per heavy atom. The van der Waals surface area contributed by atoms with Gasteiger partial charge in [0.2, 0.25) is 0 Å². The van der Waals surface area contributed by atoms with Crippen molar-refractivity contribution in [1.82, 2.24) is 0 Å². The fourth-order valence-corrected chi connectivity index (χ4v) is 9.77. The van der Waals surface area contributed by atoms with Gasteiger partial charge in [-0.1, -0.05) is 109 Å². The number of aryl methyl sites for hydroxylation is 2. The third-order valence-electron chi connectivity index (χ3n) is 12.8. The summed E-state index contributed by atoms with van der Waals surface area (Å²) in [4.78, 5) is 4.59. The molecule has 0 atom stereocenters. The largest absolute Gasteiger partial charge is 0.456 e. The van der Waals surface area contributed by atoms with Gasteiger partial charge in [0.05, 0.1) is 11.4 Å². The first-order valence-electron chi connectivity index (χ1n) is 21.4. The number of para-hydroxylation sites is 6. The van der Waals surface area contributed by atoms with Crippen LogP contribution in [0.2, 0.25) is 0 Å². The molecule has 0 amide bonds. The van der Waals surface area contributed by atoms with Gasteiger partial charge in [-0.05, 0) is 131 Å². The SMILES string of the molecule is Cc1cccc2c1oc1c(N(c3ccccc3)c3ccc4cc5c(cc4c3)oc3cc4cc(N(c6ccccc6)c6cccc7c6oc6c(C)cccc67)ccc4cc35)cccc12. The van der Waals surface area contributed by atoms with Gasteiger partial charge in [0.25, 0.3) is 0 Å². The monoisotopic (exact) mass is 810 g/mol. The highest BCUT2D eigenvalue weighted by Gasteiger charge is 2.22. The van der Waals surface area contributed by atoms with Crippen LogP contribution in [0, 0.1) is 13.8 Å². The second-order valence-corrected chi connectivity index (χ2v) is 16.6. The molecule has 0 N–H and O–H groups in total. The maximum absolute atomic E-state index is 6.76. The number of hydrogen-bond donors (Lipinski definition) is 0. The van der Waals surface area contributed by atoms with E-state index in [-0.39, 0.29) is 0 Å². The van der Waals surface area contributed by atoms with E-state index < -0.39 is 0 Å². The van der Waals surface area contributed by atoms with E-state index in [0.29, 0.717) is 0 Å². The van der Waals surface area contributed by atoms with Gasteiger partial charge in [-0.3, -0.25) is 0 Å². The molecule has 0 saturated carbocycles. The molecular weight excluding hydrogens is 773 g/mol. The van der Waals surface area contributed by atoms with Crippen LogP contribution in [0.3, 0.4) is 0 Å². The molecule has 5 heteroatoms. The minimum absolute atomic E-state index is 0.851. The van der Waals surface area contributed by atoms with Crippen LogP contribution in [0.4, 0.5) is 34.1 Å². The number of anilines is 6. The third-order valence-corrected chi connectivity index (χ3v) is 12.8. The average molecular weight is 811 g/mol. The van der Waals surface area contributed by atoms with Crippen LogP contribution in [0.5, 0.6) is 0 Å². The number of hydrogen-bond acceptors (Lipinski definition) is 5. The highest BCUT2D eigenvalue weighted by Crippen LogP contribution is 2.46. The summed E-state index contributed by atoms with van der Waals surface area (Å²) < 4.78 is 20.1. The van der Waals surface area contributed by atoms with E-state index in [1.807, 2.05) is 0 Å². The third kappa shape index (κ3) is 5.49. The Morgan fingerprint density at radius 1 is 0.286 bits per heavy atom. The van der Waals surface area contributed by atoms with Crippen LogP contribution in [0.25, 0.3) is 87.4 Å². The van der Waals surface area contributed by atoms with Gasteiger partial charge in [-0.25, -0.2) is 0 Å². The Morgan fingerprint density at radius 2 is 0.698 bits per heavy atom. The van der Waals surface area contributed by atoms with Crippen molar-refractivity contribution >= 4 is 121 Å². The molecule has 13 aromatic rings. The molecule has 0 unspecified atom stereocenters.